The average Bonchev–Trinajstić information content (AvgIpc) is 3.12. The zero-order valence-electron chi connectivity index (χ0n) is 10.5. The van der Waals surface area contributed by atoms with Crippen LogP contribution in [0.3, 0.4) is 0 Å². The first-order valence-electron chi connectivity index (χ1n) is 6.11. The molecule has 0 aliphatic heterocycles. The number of benzene rings is 1. The molecule has 1 aliphatic rings. The predicted molar refractivity (Wildman–Crippen MR) is 67.9 cm³/mol. The van der Waals surface area contributed by atoms with E-state index in [9.17, 15) is 19.8 Å². The summed E-state index contributed by atoms with van der Waals surface area (Å²) >= 11 is 0. The van der Waals surface area contributed by atoms with Gasteiger partial charge in [-0.05, 0) is 31.9 Å². The van der Waals surface area contributed by atoms with Crippen LogP contribution in [0.5, 0.6) is 11.5 Å². The van der Waals surface area contributed by atoms with Gasteiger partial charge in [-0.15, -0.1) is 0 Å². The molecule has 1 aromatic rings. The van der Waals surface area contributed by atoms with Gasteiger partial charge in [0.25, 0.3) is 5.91 Å². The van der Waals surface area contributed by atoms with Crippen molar-refractivity contribution in [2.75, 3.05) is 0 Å². The number of amides is 2. The summed E-state index contributed by atoms with van der Waals surface area (Å²) in [6, 6.07) is 3.50. The van der Waals surface area contributed by atoms with E-state index in [-0.39, 0.29) is 29.0 Å². The van der Waals surface area contributed by atoms with Gasteiger partial charge in [-0.25, -0.2) is 0 Å². The van der Waals surface area contributed by atoms with Gasteiger partial charge in [0.15, 0.2) is 0 Å². The van der Waals surface area contributed by atoms with Gasteiger partial charge < -0.3 is 20.8 Å². The maximum atomic E-state index is 11.9. The third-order valence-electron chi connectivity index (χ3n) is 2.91. The Balaban J connectivity index is 2.01. The zero-order chi connectivity index (χ0) is 14.0. The van der Waals surface area contributed by atoms with Crippen molar-refractivity contribution in [2.45, 2.75) is 31.8 Å². The fourth-order valence-electron chi connectivity index (χ4n) is 1.65. The third-order valence-corrected chi connectivity index (χ3v) is 2.91. The highest BCUT2D eigenvalue weighted by Gasteiger charge is 2.27. The molecule has 19 heavy (non-hydrogen) atoms. The number of hydrogen-bond acceptors (Lipinski definition) is 4. The second-order valence-corrected chi connectivity index (χ2v) is 4.65. The van der Waals surface area contributed by atoms with E-state index in [1.807, 2.05) is 0 Å². The Morgan fingerprint density at radius 2 is 1.84 bits per heavy atom. The molecule has 0 heterocycles. The molecule has 1 fully saturated rings. The van der Waals surface area contributed by atoms with Gasteiger partial charge >= 0.3 is 0 Å². The molecule has 2 amide bonds. The van der Waals surface area contributed by atoms with E-state index in [4.69, 9.17) is 0 Å². The van der Waals surface area contributed by atoms with Crippen LogP contribution >= 0.6 is 0 Å². The number of phenols is 2. The molecule has 1 aromatic carbocycles. The highest BCUT2D eigenvalue weighted by Crippen LogP contribution is 2.26. The Morgan fingerprint density at radius 3 is 2.37 bits per heavy atom. The summed E-state index contributed by atoms with van der Waals surface area (Å²) in [5.74, 6) is -1.61. The van der Waals surface area contributed by atoms with Crippen LogP contribution in [-0.2, 0) is 4.79 Å². The van der Waals surface area contributed by atoms with Crippen LogP contribution in [0.2, 0.25) is 0 Å². The number of hydrogen-bond donors (Lipinski definition) is 4. The molecule has 1 atom stereocenters. The van der Waals surface area contributed by atoms with Crippen molar-refractivity contribution in [1.82, 2.24) is 10.6 Å². The molecule has 1 unspecified atom stereocenters. The number of nitrogens with one attached hydrogen (secondary N) is 2. The van der Waals surface area contributed by atoms with E-state index in [1.165, 1.54) is 18.2 Å². The van der Waals surface area contributed by atoms with E-state index in [0.717, 1.165) is 12.8 Å². The smallest absolute Gasteiger partial charge is 0.259 e. The SMILES string of the molecule is CC(NC(=O)c1c(O)cccc1O)C(=O)NC1CC1. The van der Waals surface area contributed by atoms with Gasteiger partial charge in [-0.3, -0.25) is 9.59 Å². The van der Waals surface area contributed by atoms with Crippen LogP contribution in [-0.4, -0.2) is 34.1 Å². The highest BCUT2D eigenvalue weighted by atomic mass is 16.3. The summed E-state index contributed by atoms with van der Waals surface area (Å²) in [6.45, 7) is 1.55. The fraction of sp³-hybridized carbons (Fsp3) is 0.385. The van der Waals surface area contributed by atoms with Crippen LogP contribution in [0.15, 0.2) is 18.2 Å². The Hall–Kier alpha value is -2.24. The minimum atomic E-state index is -0.730. The molecule has 0 bridgehead atoms. The molecular weight excluding hydrogens is 248 g/mol. The van der Waals surface area contributed by atoms with Crippen molar-refractivity contribution >= 4 is 11.8 Å². The molecule has 6 heteroatoms. The van der Waals surface area contributed by atoms with E-state index in [2.05, 4.69) is 10.6 Å². The van der Waals surface area contributed by atoms with E-state index in [1.54, 1.807) is 6.92 Å². The minimum Gasteiger partial charge on any atom is -0.507 e. The van der Waals surface area contributed by atoms with Crippen LogP contribution < -0.4 is 10.6 Å². The molecule has 2 rings (SSSR count). The molecule has 1 saturated carbocycles. The lowest BCUT2D eigenvalue weighted by atomic mass is 10.1. The van der Waals surface area contributed by atoms with Gasteiger partial charge in [-0.1, -0.05) is 6.07 Å². The van der Waals surface area contributed by atoms with Crippen molar-refractivity contribution in [3.05, 3.63) is 23.8 Å². The normalized spacial score (nSPS) is 15.6. The summed E-state index contributed by atoms with van der Waals surface area (Å²) in [6.07, 6.45) is 1.93. The maximum absolute atomic E-state index is 11.9. The van der Waals surface area contributed by atoms with E-state index in [0.29, 0.717) is 0 Å². The van der Waals surface area contributed by atoms with Crippen LogP contribution in [0.4, 0.5) is 0 Å². The van der Waals surface area contributed by atoms with Crippen molar-refractivity contribution < 1.29 is 19.8 Å². The minimum absolute atomic E-state index is 0.213. The molecule has 1 aliphatic carbocycles. The van der Waals surface area contributed by atoms with Crippen LogP contribution in [0.1, 0.15) is 30.1 Å². The van der Waals surface area contributed by atoms with Crippen molar-refractivity contribution in [1.29, 1.82) is 0 Å². The Kier molecular flexibility index (Phi) is 3.59. The average molecular weight is 264 g/mol. The molecule has 6 nitrogen and oxygen atoms in total. The fourth-order valence-corrected chi connectivity index (χ4v) is 1.65. The van der Waals surface area contributed by atoms with Gasteiger partial charge in [0.05, 0.1) is 0 Å². The lowest BCUT2D eigenvalue weighted by Gasteiger charge is -2.14. The van der Waals surface area contributed by atoms with E-state index >= 15 is 0 Å². The molecule has 0 saturated heterocycles. The summed E-state index contributed by atoms with van der Waals surface area (Å²) < 4.78 is 0. The number of carbonyl (C=O) groups excluding carboxylic acids is 2. The Labute approximate surface area is 110 Å². The van der Waals surface area contributed by atoms with Gasteiger partial charge in [0, 0.05) is 6.04 Å². The second kappa shape index (κ2) is 5.17. The summed E-state index contributed by atoms with van der Waals surface area (Å²) in [7, 11) is 0. The summed E-state index contributed by atoms with van der Waals surface area (Å²) in [5, 5.41) is 24.3. The van der Waals surface area contributed by atoms with Crippen molar-refractivity contribution in [3.8, 4) is 11.5 Å². The van der Waals surface area contributed by atoms with Crippen LogP contribution in [0.25, 0.3) is 0 Å². The third kappa shape index (κ3) is 3.15. The first-order valence-corrected chi connectivity index (χ1v) is 6.11. The number of rotatable bonds is 4. The number of aromatic hydroxyl groups is 2. The van der Waals surface area contributed by atoms with E-state index < -0.39 is 11.9 Å². The molecule has 0 radical (unpaired) electrons. The van der Waals surface area contributed by atoms with Crippen molar-refractivity contribution in [3.63, 3.8) is 0 Å². The monoisotopic (exact) mass is 264 g/mol. The summed E-state index contributed by atoms with van der Waals surface area (Å²) in [4.78, 5) is 23.6. The van der Waals surface area contributed by atoms with Gasteiger partial charge in [0.1, 0.15) is 23.1 Å². The number of phenolic OH excluding ortho intramolecular Hbond substituents is 2. The lowest BCUT2D eigenvalue weighted by molar-refractivity contribution is -0.122. The first kappa shape index (κ1) is 13.2. The quantitative estimate of drug-likeness (QED) is 0.636. The maximum Gasteiger partial charge on any atom is 0.259 e. The van der Waals surface area contributed by atoms with Crippen molar-refractivity contribution in [2.24, 2.45) is 0 Å². The first-order chi connectivity index (χ1) is 8.99. The summed E-state index contributed by atoms with van der Waals surface area (Å²) in [5.41, 5.74) is -0.228. The molecule has 0 spiro atoms. The topological polar surface area (TPSA) is 98.7 Å². The Morgan fingerprint density at radius 1 is 1.26 bits per heavy atom. The van der Waals surface area contributed by atoms with Crippen LogP contribution in [0, 0.1) is 0 Å². The predicted octanol–water partition coefficient (Wildman–Crippen LogP) is 0.495. The van der Waals surface area contributed by atoms with Gasteiger partial charge in [0.2, 0.25) is 5.91 Å². The standard InChI is InChI=1S/C13H16N2O4/c1-7(12(18)15-8-5-6-8)14-13(19)11-9(16)3-2-4-10(11)17/h2-4,7-8,16-17H,5-6H2,1H3,(H,14,19)(H,15,18). The Bertz CT molecular complexity index is 491. The largest absolute Gasteiger partial charge is 0.507 e. The second-order valence-electron chi connectivity index (χ2n) is 4.65. The number of carbonyl (C=O) groups is 2. The molecule has 4 N–H and O–H groups in total. The zero-order valence-corrected chi connectivity index (χ0v) is 10.5. The highest BCUT2D eigenvalue weighted by molar-refractivity contribution is 6.01. The lowest BCUT2D eigenvalue weighted by Crippen LogP contribution is -2.45. The molecule has 0 aromatic heterocycles. The molecular formula is C13H16N2O4. The molecule has 102 valence electrons. The van der Waals surface area contributed by atoms with Gasteiger partial charge in [-0.2, -0.15) is 0 Å².